The molecule has 0 unspecified atom stereocenters. The van der Waals surface area contributed by atoms with Crippen molar-refractivity contribution in [3.8, 4) is 17.2 Å². The van der Waals surface area contributed by atoms with Gasteiger partial charge in [0.15, 0.2) is 11.5 Å². The molecule has 0 radical (unpaired) electrons. The number of anilines is 2. The first-order valence-electron chi connectivity index (χ1n) is 10.0. The van der Waals surface area contributed by atoms with Crippen LogP contribution in [0.1, 0.15) is 20.9 Å². The Balaban J connectivity index is 1.72. The van der Waals surface area contributed by atoms with Crippen molar-refractivity contribution in [3.63, 3.8) is 0 Å². The minimum absolute atomic E-state index is 0.0131. The number of ether oxygens (including phenoxy) is 3. The van der Waals surface area contributed by atoms with E-state index in [1.165, 1.54) is 33.5 Å². The van der Waals surface area contributed by atoms with Crippen molar-refractivity contribution in [1.29, 1.82) is 0 Å². The van der Waals surface area contributed by atoms with Gasteiger partial charge in [-0.15, -0.1) is 0 Å². The van der Waals surface area contributed by atoms with Crippen LogP contribution in [0.4, 0.5) is 11.4 Å². The lowest BCUT2D eigenvalue weighted by Gasteiger charge is -2.14. The number of amides is 2. The zero-order valence-corrected chi connectivity index (χ0v) is 18.3. The molecule has 4 aromatic rings. The van der Waals surface area contributed by atoms with Crippen LogP contribution in [0.15, 0.2) is 71.1 Å². The predicted molar refractivity (Wildman–Crippen MR) is 125 cm³/mol. The summed E-state index contributed by atoms with van der Waals surface area (Å²) in [6.07, 6.45) is 0. The molecule has 4 rings (SSSR count). The summed E-state index contributed by atoms with van der Waals surface area (Å²) in [5.74, 6) is 0.0587. The molecule has 0 saturated heterocycles. The first kappa shape index (κ1) is 21.8. The fourth-order valence-electron chi connectivity index (χ4n) is 3.44. The molecule has 0 saturated carbocycles. The van der Waals surface area contributed by atoms with E-state index in [2.05, 4.69) is 10.6 Å². The van der Waals surface area contributed by atoms with Crippen molar-refractivity contribution in [2.75, 3.05) is 32.0 Å². The molecule has 0 atom stereocenters. The second-order valence-corrected chi connectivity index (χ2v) is 6.99. The molecule has 2 N–H and O–H groups in total. The van der Waals surface area contributed by atoms with E-state index < -0.39 is 11.8 Å². The number of nitrogens with one attached hydrogen (secondary N) is 2. The Morgan fingerprint density at radius 3 is 2.03 bits per heavy atom. The van der Waals surface area contributed by atoms with Crippen LogP contribution in [0.25, 0.3) is 11.0 Å². The minimum Gasteiger partial charge on any atom is -0.493 e. The summed E-state index contributed by atoms with van der Waals surface area (Å²) in [7, 11) is 4.42. The third kappa shape index (κ3) is 4.31. The summed E-state index contributed by atoms with van der Waals surface area (Å²) in [6.45, 7) is 0. The van der Waals surface area contributed by atoms with Crippen LogP contribution >= 0.6 is 0 Å². The van der Waals surface area contributed by atoms with Gasteiger partial charge in [-0.05, 0) is 36.4 Å². The standard InChI is InChI=1S/C25H22N2O6/c1-30-19-13-15(14-20(31-2)22(19)32-3)24(28)27-21-17-11-7-8-12-18(17)33-23(21)25(29)26-16-9-5-4-6-10-16/h4-14H,1-3H3,(H,26,29)(H,27,28). The second kappa shape index (κ2) is 9.35. The molecule has 33 heavy (non-hydrogen) atoms. The van der Waals surface area contributed by atoms with E-state index in [0.717, 1.165) is 0 Å². The van der Waals surface area contributed by atoms with E-state index in [1.807, 2.05) is 6.07 Å². The smallest absolute Gasteiger partial charge is 0.293 e. The van der Waals surface area contributed by atoms with Crippen LogP contribution in [0.3, 0.4) is 0 Å². The number of furan rings is 1. The Bertz CT molecular complexity index is 1290. The lowest BCUT2D eigenvalue weighted by atomic mass is 10.1. The molecule has 168 valence electrons. The highest BCUT2D eigenvalue weighted by Crippen LogP contribution is 2.39. The predicted octanol–water partition coefficient (Wildman–Crippen LogP) is 4.96. The van der Waals surface area contributed by atoms with Gasteiger partial charge in [-0.25, -0.2) is 0 Å². The molecular weight excluding hydrogens is 424 g/mol. The number of benzene rings is 3. The van der Waals surface area contributed by atoms with Gasteiger partial charge in [-0.1, -0.05) is 30.3 Å². The number of carbonyl (C=O) groups is 2. The zero-order valence-electron chi connectivity index (χ0n) is 18.3. The molecule has 1 aromatic heterocycles. The fraction of sp³-hybridized carbons (Fsp3) is 0.120. The first-order chi connectivity index (χ1) is 16.0. The van der Waals surface area contributed by atoms with Gasteiger partial charge in [0.2, 0.25) is 11.5 Å². The quantitative estimate of drug-likeness (QED) is 0.416. The Hall–Kier alpha value is -4.46. The molecule has 0 aliphatic heterocycles. The van der Waals surface area contributed by atoms with E-state index in [0.29, 0.717) is 33.9 Å². The Morgan fingerprint density at radius 2 is 1.39 bits per heavy atom. The zero-order chi connectivity index (χ0) is 23.4. The molecule has 0 bridgehead atoms. The number of carbonyl (C=O) groups excluding carboxylic acids is 2. The molecule has 8 heteroatoms. The number of rotatable bonds is 7. The molecule has 8 nitrogen and oxygen atoms in total. The van der Waals surface area contributed by atoms with Crippen LogP contribution < -0.4 is 24.8 Å². The summed E-state index contributed by atoms with van der Waals surface area (Å²) in [6, 6.07) is 19.1. The fourth-order valence-corrected chi connectivity index (χ4v) is 3.44. The van der Waals surface area contributed by atoms with Gasteiger partial charge in [0.25, 0.3) is 11.8 Å². The van der Waals surface area contributed by atoms with E-state index in [1.54, 1.807) is 48.5 Å². The first-order valence-corrected chi connectivity index (χ1v) is 10.0. The van der Waals surface area contributed by atoms with Gasteiger partial charge in [-0.2, -0.15) is 0 Å². The average Bonchev–Trinajstić information content (AvgIpc) is 3.22. The highest BCUT2D eigenvalue weighted by Gasteiger charge is 2.24. The number of hydrogen-bond donors (Lipinski definition) is 2. The summed E-state index contributed by atoms with van der Waals surface area (Å²) < 4.78 is 21.8. The second-order valence-electron chi connectivity index (χ2n) is 6.99. The Labute approximate surface area is 190 Å². The van der Waals surface area contributed by atoms with E-state index in [9.17, 15) is 9.59 Å². The van der Waals surface area contributed by atoms with Crippen LogP contribution in [-0.4, -0.2) is 33.1 Å². The average molecular weight is 446 g/mol. The molecule has 0 spiro atoms. The summed E-state index contributed by atoms with van der Waals surface area (Å²) >= 11 is 0. The van der Waals surface area contributed by atoms with Gasteiger partial charge in [0.1, 0.15) is 11.3 Å². The molecule has 1 heterocycles. The monoisotopic (exact) mass is 446 g/mol. The topological polar surface area (TPSA) is 99.0 Å². The minimum atomic E-state index is -0.488. The van der Waals surface area contributed by atoms with Crippen LogP contribution in [-0.2, 0) is 0 Å². The number of para-hydroxylation sites is 2. The Kier molecular flexibility index (Phi) is 6.17. The van der Waals surface area contributed by atoms with Crippen molar-refractivity contribution >= 4 is 34.2 Å². The summed E-state index contributed by atoms with van der Waals surface area (Å²) in [5, 5.41) is 6.19. The van der Waals surface area contributed by atoms with E-state index >= 15 is 0 Å². The number of methoxy groups -OCH3 is 3. The molecule has 0 aliphatic carbocycles. The van der Waals surface area contributed by atoms with Gasteiger partial charge < -0.3 is 29.3 Å². The lowest BCUT2D eigenvalue weighted by Crippen LogP contribution is -2.17. The third-order valence-corrected chi connectivity index (χ3v) is 5.00. The highest BCUT2D eigenvalue weighted by molar-refractivity contribution is 6.17. The van der Waals surface area contributed by atoms with E-state index in [4.69, 9.17) is 18.6 Å². The van der Waals surface area contributed by atoms with Crippen molar-refractivity contribution < 1.29 is 28.2 Å². The molecular formula is C25H22N2O6. The lowest BCUT2D eigenvalue weighted by molar-refractivity contribution is 0.0999. The molecule has 3 aromatic carbocycles. The summed E-state index contributed by atoms with van der Waals surface area (Å²) in [4.78, 5) is 26.2. The molecule has 0 fully saturated rings. The van der Waals surface area contributed by atoms with Gasteiger partial charge >= 0.3 is 0 Å². The SMILES string of the molecule is COc1cc(C(=O)Nc2c(C(=O)Nc3ccccc3)oc3ccccc23)cc(OC)c1OC. The maximum Gasteiger partial charge on any atom is 0.293 e. The maximum atomic E-state index is 13.2. The van der Waals surface area contributed by atoms with Gasteiger partial charge in [0.05, 0.1) is 21.3 Å². The Morgan fingerprint density at radius 1 is 0.758 bits per heavy atom. The third-order valence-electron chi connectivity index (χ3n) is 5.00. The van der Waals surface area contributed by atoms with Crippen molar-refractivity contribution in [2.45, 2.75) is 0 Å². The molecule has 0 aliphatic rings. The van der Waals surface area contributed by atoms with Crippen LogP contribution in [0.2, 0.25) is 0 Å². The van der Waals surface area contributed by atoms with Crippen LogP contribution in [0, 0.1) is 0 Å². The van der Waals surface area contributed by atoms with Gasteiger partial charge in [-0.3, -0.25) is 9.59 Å². The maximum absolute atomic E-state index is 13.2. The van der Waals surface area contributed by atoms with Crippen LogP contribution in [0.5, 0.6) is 17.2 Å². The van der Waals surface area contributed by atoms with E-state index in [-0.39, 0.29) is 17.0 Å². The number of hydrogen-bond acceptors (Lipinski definition) is 6. The van der Waals surface area contributed by atoms with Crippen molar-refractivity contribution in [2.24, 2.45) is 0 Å². The number of fused-ring (bicyclic) bond motifs is 1. The highest BCUT2D eigenvalue weighted by atomic mass is 16.5. The largest absolute Gasteiger partial charge is 0.493 e. The van der Waals surface area contributed by atoms with Crippen molar-refractivity contribution in [1.82, 2.24) is 0 Å². The van der Waals surface area contributed by atoms with Gasteiger partial charge in [0, 0.05) is 16.6 Å². The van der Waals surface area contributed by atoms with Crippen molar-refractivity contribution in [3.05, 3.63) is 78.1 Å². The summed E-state index contributed by atoms with van der Waals surface area (Å²) in [5.41, 5.74) is 1.59. The normalized spacial score (nSPS) is 10.5. The molecule has 2 amide bonds.